The van der Waals surface area contributed by atoms with Gasteiger partial charge in [-0.25, -0.2) is 4.39 Å². The van der Waals surface area contributed by atoms with Gasteiger partial charge in [0.2, 0.25) is 5.91 Å². The number of thioether (sulfide) groups is 1. The molecule has 8 heteroatoms. The van der Waals surface area contributed by atoms with E-state index >= 15 is 0 Å². The van der Waals surface area contributed by atoms with E-state index in [-0.39, 0.29) is 23.0 Å². The first-order chi connectivity index (χ1) is 16.5. The number of para-hydroxylation sites is 1. The highest BCUT2D eigenvalue weighted by atomic mass is 32.2. The van der Waals surface area contributed by atoms with Gasteiger partial charge in [-0.05, 0) is 56.5 Å². The van der Waals surface area contributed by atoms with Crippen LogP contribution in [0.1, 0.15) is 63.6 Å². The number of carbonyl (C=O) groups excluding carboxylic acids is 1. The Morgan fingerprint density at radius 3 is 2.50 bits per heavy atom. The summed E-state index contributed by atoms with van der Waals surface area (Å²) < 4.78 is 21.0. The lowest BCUT2D eigenvalue weighted by Gasteiger charge is -2.26. The molecule has 0 bridgehead atoms. The zero-order chi connectivity index (χ0) is 24.1. The van der Waals surface area contributed by atoms with Crippen LogP contribution in [0.25, 0.3) is 11.4 Å². The van der Waals surface area contributed by atoms with Gasteiger partial charge in [0.15, 0.2) is 11.0 Å². The Hall–Kier alpha value is -2.87. The maximum atomic E-state index is 13.2. The first kappa shape index (κ1) is 24.3. The van der Waals surface area contributed by atoms with Gasteiger partial charge in [-0.2, -0.15) is 0 Å². The highest BCUT2D eigenvalue weighted by molar-refractivity contribution is 8.00. The first-order valence-corrected chi connectivity index (χ1v) is 12.7. The summed E-state index contributed by atoms with van der Waals surface area (Å²) in [5.74, 6) is 1.14. The van der Waals surface area contributed by atoms with Gasteiger partial charge in [0.25, 0.3) is 0 Å². The lowest BCUT2D eigenvalue weighted by molar-refractivity contribution is -0.120. The minimum absolute atomic E-state index is 0.0983. The summed E-state index contributed by atoms with van der Waals surface area (Å²) in [5, 5.41) is 12.5. The summed E-state index contributed by atoms with van der Waals surface area (Å²) >= 11 is 1.42. The molecule has 1 aromatic heterocycles. The van der Waals surface area contributed by atoms with E-state index in [1.54, 1.807) is 19.2 Å². The van der Waals surface area contributed by atoms with E-state index in [0.29, 0.717) is 6.04 Å². The van der Waals surface area contributed by atoms with Crippen LogP contribution in [0.4, 0.5) is 4.39 Å². The van der Waals surface area contributed by atoms with Crippen LogP contribution in [0.15, 0.2) is 53.7 Å². The summed E-state index contributed by atoms with van der Waals surface area (Å²) in [6.45, 7) is 3.77. The molecule has 1 fully saturated rings. The number of halogens is 1. The molecule has 6 nitrogen and oxygen atoms in total. The van der Waals surface area contributed by atoms with Gasteiger partial charge < -0.3 is 10.1 Å². The number of methoxy groups -OCH3 is 1. The van der Waals surface area contributed by atoms with Gasteiger partial charge in [0, 0.05) is 6.04 Å². The molecule has 180 valence electrons. The number of amides is 1. The fourth-order valence-electron chi connectivity index (χ4n) is 4.42. The van der Waals surface area contributed by atoms with Crippen molar-refractivity contribution in [3.8, 4) is 17.1 Å². The monoisotopic (exact) mass is 482 g/mol. The molecule has 1 heterocycles. The normalized spacial score (nSPS) is 16.1. The number of carbonyl (C=O) groups is 1. The smallest absolute Gasteiger partial charge is 0.233 e. The second-order valence-electron chi connectivity index (χ2n) is 8.71. The van der Waals surface area contributed by atoms with E-state index in [2.05, 4.69) is 20.1 Å². The maximum absolute atomic E-state index is 13.2. The molecule has 1 saturated carbocycles. The van der Waals surface area contributed by atoms with Crippen molar-refractivity contribution in [3.05, 3.63) is 59.9 Å². The van der Waals surface area contributed by atoms with E-state index in [1.165, 1.54) is 43.2 Å². The number of aromatic nitrogens is 3. The van der Waals surface area contributed by atoms with E-state index in [4.69, 9.17) is 4.74 Å². The summed E-state index contributed by atoms with van der Waals surface area (Å²) in [7, 11) is 1.66. The molecule has 34 heavy (non-hydrogen) atoms. The molecule has 0 spiro atoms. The molecule has 1 N–H and O–H groups in total. The van der Waals surface area contributed by atoms with Gasteiger partial charge in [0.1, 0.15) is 11.6 Å². The van der Waals surface area contributed by atoms with Crippen LogP contribution in [0.2, 0.25) is 0 Å². The minimum atomic E-state index is -0.375. The van der Waals surface area contributed by atoms with E-state index < -0.39 is 0 Å². The lowest BCUT2D eigenvalue weighted by Crippen LogP contribution is -2.33. The van der Waals surface area contributed by atoms with Gasteiger partial charge in [-0.3, -0.25) is 9.36 Å². The van der Waals surface area contributed by atoms with Gasteiger partial charge in [-0.15, -0.1) is 10.2 Å². The molecule has 1 amide bonds. The average molecular weight is 483 g/mol. The molecule has 3 aromatic rings. The van der Waals surface area contributed by atoms with Crippen LogP contribution in [0.5, 0.6) is 5.75 Å². The molecular weight excluding hydrogens is 451 g/mol. The third-order valence-electron chi connectivity index (χ3n) is 6.33. The van der Waals surface area contributed by atoms with Crippen molar-refractivity contribution in [3.63, 3.8) is 0 Å². The molecule has 1 aliphatic rings. The topological polar surface area (TPSA) is 69.0 Å². The first-order valence-electron chi connectivity index (χ1n) is 11.8. The summed E-state index contributed by atoms with van der Waals surface area (Å²) in [5.41, 5.74) is 1.76. The van der Waals surface area contributed by atoms with E-state index in [1.807, 2.05) is 38.1 Å². The molecule has 2 aromatic carbocycles. The van der Waals surface area contributed by atoms with Crippen molar-refractivity contribution in [2.24, 2.45) is 0 Å². The quantitative estimate of drug-likeness (QED) is 0.402. The Labute approximate surface area is 204 Å². The average Bonchev–Trinajstić information content (AvgIpc) is 3.28. The Kier molecular flexibility index (Phi) is 7.88. The van der Waals surface area contributed by atoms with Crippen molar-refractivity contribution >= 4 is 17.7 Å². The molecule has 0 unspecified atom stereocenters. The number of rotatable bonds is 8. The van der Waals surface area contributed by atoms with E-state index in [9.17, 15) is 9.18 Å². The molecular formula is C26H31FN4O2S. The van der Waals surface area contributed by atoms with E-state index in [0.717, 1.165) is 40.7 Å². The Bertz CT molecular complexity index is 1110. The second-order valence-corrected chi connectivity index (χ2v) is 10.0. The Morgan fingerprint density at radius 1 is 1.09 bits per heavy atom. The zero-order valence-corrected chi connectivity index (χ0v) is 20.6. The summed E-state index contributed by atoms with van der Waals surface area (Å²) in [4.78, 5) is 13.0. The van der Waals surface area contributed by atoms with Gasteiger partial charge >= 0.3 is 0 Å². The van der Waals surface area contributed by atoms with Gasteiger partial charge in [-0.1, -0.05) is 55.3 Å². The molecule has 4 rings (SSSR count). The fourth-order valence-corrected chi connectivity index (χ4v) is 5.34. The number of ether oxygens (including phenoxy) is 1. The van der Waals surface area contributed by atoms with Crippen LogP contribution >= 0.6 is 11.8 Å². The summed E-state index contributed by atoms with van der Waals surface area (Å²) in [6.07, 6.45) is 5.71. The molecule has 0 aliphatic heterocycles. The van der Waals surface area contributed by atoms with Crippen LogP contribution in [0.3, 0.4) is 0 Å². The van der Waals surface area contributed by atoms with Crippen molar-refractivity contribution < 1.29 is 13.9 Å². The van der Waals surface area contributed by atoms with Crippen LogP contribution in [0, 0.1) is 5.82 Å². The van der Waals surface area contributed by atoms with Crippen LogP contribution < -0.4 is 10.1 Å². The molecule has 0 radical (unpaired) electrons. The third kappa shape index (κ3) is 5.43. The summed E-state index contributed by atoms with van der Waals surface area (Å²) in [6, 6.07) is 14.1. The van der Waals surface area contributed by atoms with Crippen molar-refractivity contribution in [1.29, 1.82) is 0 Å². The predicted octanol–water partition coefficient (Wildman–Crippen LogP) is 5.96. The van der Waals surface area contributed by atoms with Crippen LogP contribution in [-0.2, 0) is 4.79 Å². The predicted molar refractivity (Wildman–Crippen MR) is 132 cm³/mol. The molecule has 0 saturated heterocycles. The highest BCUT2D eigenvalue weighted by Gasteiger charge is 2.28. The number of nitrogens with zero attached hydrogens (tertiary/aromatic N) is 3. The Morgan fingerprint density at radius 2 is 1.79 bits per heavy atom. The molecule has 2 atom stereocenters. The Balaban J connectivity index is 1.56. The number of hydrogen-bond acceptors (Lipinski definition) is 5. The number of hydrogen-bond donors (Lipinski definition) is 1. The fraction of sp³-hybridized carbons (Fsp3) is 0.423. The van der Waals surface area contributed by atoms with Crippen molar-refractivity contribution in [2.45, 2.75) is 68.4 Å². The lowest BCUT2D eigenvalue weighted by atomic mass is 9.95. The zero-order valence-electron chi connectivity index (χ0n) is 19.8. The largest absolute Gasteiger partial charge is 0.496 e. The number of nitrogens with one attached hydrogen (secondary N) is 1. The van der Waals surface area contributed by atoms with Crippen LogP contribution in [-0.4, -0.2) is 33.0 Å². The maximum Gasteiger partial charge on any atom is 0.233 e. The third-order valence-corrected chi connectivity index (χ3v) is 7.39. The molecule has 1 aliphatic carbocycles. The van der Waals surface area contributed by atoms with Gasteiger partial charge in [0.05, 0.1) is 24.0 Å². The van der Waals surface area contributed by atoms with Crippen molar-refractivity contribution in [2.75, 3.05) is 7.11 Å². The SMILES string of the molecule is COc1ccccc1-c1nnc(S[C@@H](C)C(=O)N[C@@H](C)c2ccc(F)cc2)n1C1CCCCC1. The minimum Gasteiger partial charge on any atom is -0.496 e. The standard InChI is InChI=1S/C26H31FN4O2S/c1-17(19-13-15-20(27)16-14-19)28-25(32)18(2)34-26-30-29-24(22-11-7-8-12-23(22)33-3)31(26)21-9-5-4-6-10-21/h7-8,11-18,21H,4-6,9-10H2,1-3H3,(H,28,32)/t17-,18-/m0/s1. The number of benzene rings is 2. The second kappa shape index (κ2) is 11.0. The highest BCUT2D eigenvalue weighted by Crippen LogP contribution is 2.38. The van der Waals surface area contributed by atoms with Crippen molar-refractivity contribution in [1.82, 2.24) is 20.1 Å².